The maximum Gasteiger partial charge on any atom is 0.344 e. The van der Waals surface area contributed by atoms with E-state index in [2.05, 4.69) is 24.0 Å². The maximum atomic E-state index is 11.8. The van der Waals surface area contributed by atoms with E-state index in [0.717, 1.165) is 11.3 Å². The number of carbonyl (C=O) groups is 1. The molecule has 0 N–H and O–H groups in total. The molecule has 7 heteroatoms. The standard InChI is InChI=1S/C20H22N2O5/c1-12(2)15-5-7-16(8-6-15)24-11-19(23)25-10-18-21-22-20(27-18)17-9-13(3)26-14(17)4/h5-9,12H,10-11H2,1-4H3. The molecular weight excluding hydrogens is 348 g/mol. The van der Waals surface area contributed by atoms with Crippen LogP contribution in [0.2, 0.25) is 0 Å². The number of hydrogen-bond donors (Lipinski definition) is 0. The minimum atomic E-state index is -0.516. The highest BCUT2D eigenvalue weighted by molar-refractivity contribution is 5.71. The second-order valence-electron chi connectivity index (χ2n) is 6.50. The Kier molecular flexibility index (Phi) is 5.59. The number of aromatic nitrogens is 2. The molecule has 0 aliphatic heterocycles. The third-order valence-electron chi connectivity index (χ3n) is 4.00. The van der Waals surface area contributed by atoms with E-state index in [-0.39, 0.29) is 19.1 Å². The fourth-order valence-electron chi connectivity index (χ4n) is 2.54. The summed E-state index contributed by atoms with van der Waals surface area (Å²) >= 11 is 0. The minimum Gasteiger partial charge on any atom is -0.482 e. The predicted octanol–water partition coefficient (Wildman–Crippen LogP) is 4.19. The lowest BCUT2D eigenvalue weighted by atomic mass is 10.0. The number of ether oxygens (including phenoxy) is 2. The molecule has 0 amide bonds. The Hall–Kier alpha value is -3.09. The van der Waals surface area contributed by atoms with Crippen LogP contribution >= 0.6 is 0 Å². The fraction of sp³-hybridized carbons (Fsp3) is 0.350. The summed E-state index contributed by atoms with van der Waals surface area (Å²) in [6.45, 7) is 7.58. The number of esters is 1. The van der Waals surface area contributed by atoms with E-state index in [1.165, 1.54) is 5.56 Å². The summed E-state index contributed by atoms with van der Waals surface area (Å²) < 4.78 is 21.5. The van der Waals surface area contributed by atoms with Crippen molar-refractivity contribution in [1.29, 1.82) is 0 Å². The number of hydrogen-bond acceptors (Lipinski definition) is 7. The number of nitrogens with zero attached hydrogens (tertiary/aromatic N) is 2. The second kappa shape index (κ2) is 8.07. The fourth-order valence-corrected chi connectivity index (χ4v) is 2.54. The molecule has 0 saturated heterocycles. The first-order valence-electron chi connectivity index (χ1n) is 8.70. The molecule has 0 aliphatic carbocycles. The first-order chi connectivity index (χ1) is 12.9. The SMILES string of the molecule is Cc1cc(-c2nnc(COC(=O)COc3ccc(C(C)C)cc3)o2)c(C)o1. The summed E-state index contributed by atoms with van der Waals surface area (Å²) in [6, 6.07) is 9.44. The van der Waals surface area contributed by atoms with E-state index in [4.69, 9.17) is 18.3 Å². The molecule has 27 heavy (non-hydrogen) atoms. The highest BCUT2D eigenvalue weighted by Gasteiger charge is 2.15. The van der Waals surface area contributed by atoms with Gasteiger partial charge in [-0.3, -0.25) is 0 Å². The zero-order chi connectivity index (χ0) is 19.4. The Morgan fingerprint density at radius 3 is 2.48 bits per heavy atom. The molecule has 0 bridgehead atoms. The molecule has 0 radical (unpaired) electrons. The van der Waals surface area contributed by atoms with Crippen LogP contribution in [0.25, 0.3) is 11.5 Å². The van der Waals surface area contributed by atoms with Gasteiger partial charge in [0.1, 0.15) is 17.3 Å². The van der Waals surface area contributed by atoms with Crippen molar-refractivity contribution in [3.8, 4) is 17.2 Å². The lowest BCUT2D eigenvalue weighted by Gasteiger charge is -2.08. The molecule has 1 aromatic carbocycles. The van der Waals surface area contributed by atoms with Gasteiger partial charge >= 0.3 is 5.97 Å². The van der Waals surface area contributed by atoms with Crippen LogP contribution in [0.5, 0.6) is 5.75 Å². The van der Waals surface area contributed by atoms with Crippen LogP contribution in [0, 0.1) is 13.8 Å². The van der Waals surface area contributed by atoms with E-state index in [1.807, 2.05) is 44.2 Å². The van der Waals surface area contributed by atoms with E-state index in [9.17, 15) is 4.79 Å². The Morgan fingerprint density at radius 1 is 1.11 bits per heavy atom. The zero-order valence-corrected chi connectivity index (χ0v) is 15.8. The molecule has 3 aromatic rings. The van der Waals surface area contributed by atoms with Crippen LogP contribution in [0.1, 0.15) is 42.7 Å². The van der Waals surface area contributed by atoms with Crippen molar-refractivity contribution >= 4 is 5.97 Å². The van der Waals surface area contributed by atoms with E-state index < -0.39 is 5.97 Å². The molecule has 2 aromatic heterocycles. The molecule has 3 rings (SSSR count). The molecule has 142 valence electrons. The van der Waals surface area contributed by atoms with Gasteiger partial charge in [0.15, 0.2) is 13.2 Å². The largest absolute Gasteiger partial charge is 0.482 e. The normalized spacial score (nSPS) is 11.0. The van der Waals surface area contributed by atoms with Crippen molar-refractivity contribution in [3.63, 3.8) is 0 Å². The summed E-state index contributed by atoms with van der Waals surface area (Å²) in [5.41, 5.74) is 1.94. The molecule has 0 aliphatic rings. The van der Waals surface area contributed by atoms with Crippen LogP contribution in [0.3, 0.4) is 0 Å². The number of benzene rings is 1. The summed E-state index contributed by atoms with van der Waals surface area (Å²) in [6.07, 6.45) is 0. The van der Waals surface area contributed by atoms with Crippen molar-refractivity contribution in [2.45, 2.75) is 40.2 Å². The van der Waals surface area contributed by atoms with Crippen LogP contribution in [-0.2, 0) is 16.1 Å². The molecule has 0 fully saturated rings. The number of rotatable bonds is 7. The molecular formula is C20H22N2O5. The third-order valence-corrected chi connectivity index (χ3v) is 4.00. The number of carbonyl (C=O) groups excluding carboxylic acids is 1. The van der Waals surface area contributed by atoms with Crippen molar-refractivity contribution in [3.05, 3.63) is 53.3 Å². The monoisotopic (exact) mass is 370 g/mol. The van der Waals surface area contributed by atoms with Gasteiger partial charge in [0.05, 0.1) is 5.56 Å². The lowest BCUT2D eigenvalue weighted by Crippen LogP contribution is -2.14. The van der Waals surface area contributed by atoms with Crippen LogP contribution < -0.4 is 4.74 Å². The van der Waals surface area contributed by atoms with Gasteiger partial charge in [0.25, 0.3) is 11.8 Å². The number of furan rings is 1. The van der Waals surface area contributed by atoms with Gasteiger partial charge < -0.3 is 18.3 Å². The zero-order valence-electron chi connectivity index (χ0n) is 15.8. The Morgan fingerprint density at radius 2 is 1.85 bits per heavy atom. The van der Waals surface area contributed by atoms with E-state index >= 15 is 0 Å². The van der Waals surface area contributed by atoms with Crippen molar-refractivity contribution < 1.29 is 23.1 Å². The van der Waals surface area contributed by atoms with E-state index in [0.29, 0.717) is 23.3 Å². The van der Waals surface area contributed by atoms with Gasteiger partial charge in [-0.25, -0.2) is 4.79 Å². The second-order valence-corrected chi connectivity index (χ2v) is 6.50. The topological polar surface area (TPSA) is 87.6 Å². The lowest BCUT2D eigenvalue weighted by molar-refractivity contribution is -0.148. The van der Waals surface area contributed by atoms with Crippen molar-refractivity contribution in [1.82, 2.24) is 10.2 Å². The van der Waals surface area contributed by atoms with Gasteiger partial charge in [0, 0.05) is 0 Å². The van der Waals surface area contributed by atoms with Crippen LogP contribution in [-0.4, -0.2) is 22.8 Å². The van der Waals surface area contributed by atoms with Crippen LogP contribution in [0.4, 0.5) is 0 Å². The number of aryl methyl sites for hydroxylation is 2. The average Bonchev–Trinajstić information content (AvgIpc) is 3.24. The summed E-state index contributed by atoms with van der Waals surface area (Å²) in [5, 5.41) is 7.84. The molecule has 7 nitrogen and oxygen atoms in total. The molecule has 0 spiro atoms. The molecule has 0 atom stereocenters. The van der Waals surface area contributed by atoms with Gasteiger partial charge in [0.2, 0.25) is 0 Å². The summed E-state index contributed by atoms with van der Waals surface area (Å²) in [4.78, 5) is 11.8. The van der Waals surface area contributed by atoms with Crippen LogP contribution in [0.15, 0.2) is 39.2 Å². The predicted molar refractivity (Wildman–Crippen MR) is 97.3 cm³/mol. The van der Waals surface area contributed by atoms with Gasteiger partial charge in [-0.1, -0.05) is 26.0 Å². The molecule has 0 unspecified atom stereocenters. The quantitative estimate of drug-likeness (QED) is 0.576. The maximum absolute atomic E-state index is 11.8. The smallest absolute Gasteiger partial charge is 0.344 e. The Labute approximate surface area is 157 Å². The Balaban J connectivity index is 1.49. The first-order valence-corrected chi connectivity index (χ1v) is 8.70. The first kappa shape index (κ1) is 18.7. The summed E-state index contributed by atoms with van der Waals surface area (Å²) in [5.74, 6) is 2.52. The highest BCUT2D eigenvalue weighted by atomic mass is 16.6. The third kappa shape index (κ3) is 4.75. The molecule has 2 heterocycles. The summed E-state index contributed by atoms with van der Waals surface area (Å²) in [7, 11) is 0. The van der Waals surface area contributed by atoms with E-state index in [1.54, 1.807) is 0 Å². The van der Waals surface area contributed by atoms with Gasteiger partial charge in [-0.05, 0) is 43.5 Å². The average molecular weight is 370 g/mol. The van der Waals surface area contributed by atoms with Gasteiger partial charge in [-0.2, -0.15) is 0 Å². The van der Waals surface area contributed by atoms with Crippen molar-refractivity contribution in [2.24, 2.45) is 0 Å². The highest BCUT2D eigenvalue weighted by Crippen LogP contribution is 2.25. The van der Waals surface area contributed by atoms with Crippen molar-refractivity contribution in [2.75, 3.05) is 6.61 Å². The van der Waals surface area contributed by atoms with Gasteiger partial charge in [-0.15, -0.1) is 10.2 Å². The Bertz CT molecular complexity index is 909. The minimum absolute atomic E-state index is 0.114. The molecule has 0 saturated carbocycles.